The first-order valence-electron chi connectivity index (χ1n) is 11.5. The maximum absolute atomic E-state index is 10.0. The molecule has 1 aromatic heterocycles. The van der Waals surface area contributed by atoms with E-state index in [1.807, 2.05) is 18.2 Å². The van der Waals surface area contributed by atoms with Crippen LogP contribution in [0.1, 0.15) is 44.1 Å². The number of aromatic nitrogens is 2. The Hall–Kier alpha value is -2.59. The molecular formula is C27H35N3O. The third-order valence-corrected chi connectivity index (χ3v) is 6.97. The molecule has 31 heavy (non-hydrogen) atoms. The maximum Gasteiger partial charge on any atom is 0.120 e. The number of nitrogens with zero attached hydrogens (tertiary/aromatic N) is 1. The van der Waals surface area contributed by atoms with Crippen molar-refractivity contribution in [1.29, 1.82) is 0 Å². The van der Waals surface area contributed by atoms with Crippen molar-refractivity contribution in [2.45, 2.75) is 47.1 Å². The van der Waals surface area contributed by atoms with E-state index in [2.05, 4.69) is 62.3 Å². The molecule has 164 valence electrons. The largest absolute Gasteiger partial charge is 0.508 e. The molecule has 3 atom stereocenters. The molecule has 4 heteroatoms. The van der Waals surface area contributed by atoms with Crippen LogP contribution in [-0.2, 0) is 13.0 Å². The van der Waals surface area contributed by atoms with Gasteiger partial charge in [-0.3, -0.25) is 0 Å². The Morgan fingerprint density at radius 3 is 2.68 bits per heavy atom. The molecule has 0 amide bonds. The first-order chi connectivity index (χ1) is 14.9. The number of aryl methyl sites for hydroxylation is 1. The van der Waals surface area contributed by atoms with Crippen LogP contribution in [0, 0.1) is 30.6 Å². The van der Waals surface area contributed by atoms with Gasteiger partial charge in [0.05, 0.1) is 11.0 Å². The number of aromatic hydroxyl groups is 1. The van der Waals surface area contributed by atoms with Crippen molar-refractivity contribution >= 4 is 11.0 Å². The number of imidazole rings is 1. The van der Waals surface area contributed by atoms with Crippen LogP contribution in [0.15, 0.2) is 54.1 Å². The van der Waals surface area contributed by atoms with Gasteiger partial charge in [0.2, 0.25) is 0 Å². The average Bonchev–Trinajstić information content (AvgIpc) is 3.15. The molecule has 0 fully saturated rings. The molecule has 0 spiro atoms. The molecule has 0 bridgehead atoms. The van der Waals surface area contributed by atoms with Crippen molar-refractivity contribution in [2.75, 3.05) is 6.54 Å². The van der Waals surface area contributed by atoms with Crippen LogP contribution in [0.2, 0.25) is 0 Å². The Kier molecular flexibility index (Phi) is 6.47. The molecule has 3 N–H and O–H groups in total. The van der Waals surface area contributed by atoms with Crippen LogP contribution in [-0.4, -0.2) is 21.6 Å². The van der Waals surface area contributed by atoms with Gasteiger partial charge < -0.3 is 15.4 Å². The second kappa shape index (κ2) is 9.27. The summed E-state index contributed by atoms with van der Waals surface area (Å²) in [4.78, 5) is 8.45. The van der Waals surface area contributed by atoms with E-state index < -0.39 is 0 Å². The summed E-state index contributed by atoms with van der Waals surface area (Å²) in [7, 11) is 0. The molecule has 0 saturated carbocycles. The normalized spacial score (nSPS) is 21.6. The fourth-order valence-corrected chi connectivity index (χ4v) is 5.10. The van der Waals surface area contributed by atoms with Gasteiger partial charge in [-0.25, -0.2) is 4.98 Å². The standard InChI is InChI=1S/C27H35N3O/c1-17(2)23-13-21(14-26-29-24-10-7-8-18(3)27(24)30-26)19(4)12-22(23)16-28-15-20-9-5-6-11-25(20)31/h5-12,17,21-23,28,31H,13-16H2,1-4H3,(H,29,30). The molecule has 4 rings (SSSR count). The lowest BCUT2D eigenvalue weighted by Crippen LogP contribution is -2.34. The lowest BCUT2D eigenvalue weighted by Gasteiger charge is -2.37. The Labute approximate surface area is 185 Å². The Morgan fingerprint density at radius 2 is 1.94 bits per heavy atom. The summed E-state index contributed by atoms with van der Waals surface area (Å²) in [6.07, 6.45) is 4.65. The third kappa shape index (κ3) is 4.85. The zero-order valence-corrected chi connectivity index (χ0v) is 19.2. The first kappa shape index (κ1) is 21.6. The van der Waals surface area contributed by atoms with Crippen molar-refractivity contribution in [2.24, 2.45) is 23.7 Å². The lowest BCUT2D eigenvalue weighted by molar-refractivity contribution is 0.221. The number of rotatable bonds is 7. The second-order valence-corrected chi connectivity index (χ2v) is 9.53. The van der Waals surface area contributed by atoms with Gasteiger partial charge in [-0.2, -0.15) is 0 Å². The zero-order valence-electron chi connectivity index (χ0n) is 19.2. The molecule has 4 nitrogen and oxygen atoms in total. The topological polar surface area (TPSA) is 60.9 Å². The Morgan fingerprint density at radius 1 is 1.13 bits per heavy atom. The molecule has 0 aliphatic heterocycles. The van der Waals surface area contributed by atoms with Gasteiger partial charge in [-0.15, -0.1) is 0 Å². The monoisotopic (exact) mass is 417 g/mol. The molecule has 3 unspecified atom stereocenters. The minimum atomic E-state index is 0.368. The number of hydrogen-bond donors (Lipinski definition) is 3. The highest BCUT2D eigenvalue weighted by Gasteiger charge is 2.31. The number of benzene rings is 2. The van der Waals surface area contributed by atoms with E-state index in [0.717, 1.165) is 35.4 Å². The highest BCUT2D eigenvalue weighted by atomic mass is 16.3. The Balaban J connectivity index is 1.45. The second-order valence-electron chi connectivity index (χ2n) is 9.53. The number of nitrogens with one attached hydrogen (secondary N) is 2. The van der Waals surface area contributed by atoms with E-state index in [1.54, 1.807) is 6.07 Å². The van der Waals surface area contributed by atoms with Gasteiger partial charge >= 0.3 is 0 Å². The van der Waals surface area contributed by atoms with Crippen LogP contribution in [0.5, 0.6) is 5.75 Å². The van der Waals surface area contributed by atoms with Gasteiger partial charge in [0, 0.05) is 25.1 Å². The summed E-state index contributed by atoms with van der Waals surface area (Å²) in [5, 5.41) is 13.6. The van der Waals surface area contributed by atoms with Gasteiger partial charge in [0.15, 0.2) is 0 Å². The van der Waals surface area contributed by atoms with E-state index in [9.17, 15) is 5.11 Å². The number of para-hydroxylation sites is 2. The van der Waals surface area contributed by atoms with Crippen molar-refractivity contribution in [3.05, 3.63) is 71.1 Å². The molecule has 0 radical (unpaired) electrons. The number of aromatic amines is 1. The van der Waals surface area contributed by atoms with Crippen molar-refractivity contribution < 1.29 is 5.11 Å². The number of phenols is 1. The summed E-state index contributed by atoms with van der Waals surface area (Å²) >= 11 is 0. The number of H-pyrrole nitrogens is 1. The quantitative estimate of drug-likeness (QED) is 0.428. The molecule has 1 aliphatic rings. The zero-order chi connectivity index (χ0) is 22.0. The van der Waals surface area contributed by atoms with Crippen LogP contribution >= 0.6 is 0 Å². The lowest BCUT2D eigenvalue weighted by atomic mass is 9.70. The van der Waals surface area contributed by atoms with Crippen LogP contribution < -0.4 is 5.32 Å². The summed E-state index contributed by atoms with van der Waals surface area (Å²) < 4.78 is 0. The fraction of sp³-hybridized carbons (Fsp3) is 0.444. The van der Waals surface area contributed by atoms with Crippen LogP contribution in [0.25, 0.3) is 11.0 Å². The summed E-state index contributed by atoms with van der Waals surface area (Å²) in [6.45, 7) is 10.7. The molecule has 1 aliphatic carbocycles. The van der Waals surface area contributed by atoms with Gasteiger partial charge in [-0.1, -0.05) is 55.8 Å². The average molecular weight is 418 g/mol. The van der Waals surface area contributed by atoms with Crippen LogP contribution in [0.3, 0.4) is 0 Å². The SMILES string of the molecule is CC1=CC(CNCc2ccccc2O)C(C(C)C)CC1Cc1nc2c(C)cccc2[nH]1. The smallest absolute Gasteiger partial charge is 0.120 e. The summed E-state index contributed by atoms with van der Waals surface area (Å²) in [6, 6.07) is 13.9. The maximum atomic E-state index is 10.0. The number of fused-ring (bicyclic) bond motifs is 1. The van der Waals surface area contributed by atoms with E-state index in [0.29, 0.717) is 36.0 Å². The van der Waals surface area contributed by atoms with E-state index in [4.69, 9.17) is 4.98 Å². The van der Waals surface area contributed by atoms with E-state index >= 15 is 0 Å². The predicted molar refractivity (Wildman–Crippen MR) is 128 cm³/mol. The number of hydrogen-bond acceptors (Lipinski definition) is 3. The molecule has 0 saturated heterocycles. The van der Waals surface area contributed by atoms with Crippen molar-refractivity contribution in [3.63, 3.8) is 0 Å². The molecule has 1 heterocycles. The summed E-state index contributed by atoms with van der Waals surface area (Å²) in [5.74, 6) is 3.77. The van der Waals surface area contributed by atoms with Crippen LogP contribution in [0.4, 0.5) is 0 Å². The summed E-state index contributed by atoms with van der Waals surface area (Å²) in [5.41, 5.74) is 5.90. The third-order valence-electron chi connectivity index (χ3n) is 6.97. The van der Waals surface area contributed by atoms with Crippen molar-refractivity contribution in [1.82, 2.24) is 15.3 Å². The molecular weight excluding hydrogens is 382 g/mol. The molecule has 2 aromatic carbocycles. The van der Waals surface area contributed by atoms with E-state index in [-0.39, 0.29) is 0 Å². The van der Waals surface area contributed by atoms with Gasteiger partial charge in [0.1, 0.15) is 11.6 Å². The Bertz CT molecular complexity index is 1070. The highest BCUT2D eigenvalue weighted by molar-refractivity contribution is 5.78. The minimum absolute atomic E-state index is 0.368. The fourth-order valence-electron chi connectivity index (χ4n) is 5.10. The van der Waals surface area contributed by atoms with E-state index in [1.165, 1.54) is 17.6 Å². The highest BCUT2D eigenvalue weighted by Crippen LogP contribution is 2.38. The van der Waals surface area contributed by atoms with Gasteiger partial charge in [0.25, 0.3) is 0 Å². The minimum Gasteiger partial charge on any atom is -0.508 e. The van der Waals surface area contributed by atoms with Crippen molar-refractivity contribution in [3.8, 4) is 5.75 Å². The predicted octanol–water partition coefficient (Wildman–Crippen LogP) is 5.76. The number of allylic oxidation sites excluding steroid dienone is 1. The molecule has 3 aromatic rings. The number of phenolic OH excluding ortho intramolecular Hbond substituents is 1. The van der Waals surface area contributed by atoms with Gasteiger partial charge in [-0.05, 0) is 61.6 Å². The first-order valence-corrected chi connectivity index (χ1v) is 11.5.